The van der Waals surface area contributed by atoms with E-state index in [-0.39, 0.29) is 29.9 Å². The zero-order valence-corrected chi connectivity index (χ0v) is 20.7. The first-order valence-corrected chi connectivity index (χ1v) is 13.3. The summed E-state index contributed by atoms with van der Waals surface area (Å²) in [5.74, 6) is -0.237. The average molecular weight is 501 g/mol. The van der Waals surface area contributed by atoms with Crippen molar-refractivity contribution in [2.75, 3.05) is 19.6 Å². The van der Waals surface area contributed by atoms with E-state index in [1.807, 2.05) is 36.1 Å². The number of carbonyl (C=O) groups is 1. The maximum Gasteiger partial charge on any atom is 0.243 e. The molecule has 1 aromatic heterocycles. The van der Waals surface area contributed by atoms with Crippen molar-refractivity contribution < 1.29 is 13.2 Å². The first kappa shape index (κ1) is 23.7. The Kier molecular flexibility index (Phi) is 7.05. The third-order valence-corrected chi connectivity index (χ3v) is 8.94. The summed E-state index contributed by atoms with van der Waals surface area (Å²) >= 11 is 7.62. The molecule has 2 heterocycles. The van der Waals surface area contributed by atoms with Gasteiger partial charge in [0.05, 0.1) is 17.5 Å². The highest BCUT2D eigenvalue weighted by Gasteiger charge is 2.35. The topological polar surface area (TPSA) is 57.7 Å². The van der Waals surface area contributed by atoms with Crippen LogP contribution in [0.3, 0.4) is 0 Å². The molecule has 0 bridgehead atoms. The number of nitrogens with zero attached hydrogens (tertiary/aromatic N) is 2. The number of benzene rings is 2. The Morgan fingerprint density at radius 2 is 1.91 bits per heavy atom. The fraction of sp³-hybridized carbons (Fsp3) is 0.240. The summed E-state index contributed by atoms with van der Waals surface area (Å²) in [6, 6.07) is 15.8. The summed E-state index contributed by atoms with van der Waals surface area (Å²) in [5, 5.41) is 2.50. The molecule has 0 saturated heterocycles. The second-order valence-electron chi connectivity index (χ2n) is 7.94. The van der Waals surface area contributed by atoms with Gasteiger partial charge in [-0.25, -0.2) is 8.42 Å². The Hall–Kier alpha value is -2.45. The lowest BCUT2D eigenvalue weighted by Gasteiger charge is -2.38. The van der Waals surface area contributed by atoms with E-state index in [1.54, 1.807) is 11.3 Å². The Morgan fingerprint density at radius 3 is 2.61 bits per heavy atom. The van der Waals surface area contributed by atoms with Crippen molar-refractivity contribution in [2.45, 2.75) is 24.3 Å². The van der Waals surface area contributed by atoms with Gasteiger partial charge < -0.3 is 4.90 Å². The lowest BCUT2D eigenvalue weighted by atomic mass is 9.90. The van der Waals surface area contributed by atoms with Crippen molar-refractivity contribution in [1.29, 1.82) is 0 Å². The molecule has 0 spiro atoms. The van der Waals surface area contributed by atoms with Gasteiger partial charge in [0.25, 0.3) is 0 Å². The van der Waals surface area contributed by atoms with Crippen LogP contribution in [0.1, 0.15) is 27.6 Å². The van der Waals surface area contributed by atoms with Gasteiger partial charge in [-0.15, -0.1) is 17.9 Å². The molecule has 1 aliphatic heterocycles. The number of amides is 1. The van der Waals surface area contributed by atoms with Gasteiger partial charge in [0.2, 0.25) is 15.9 Å². The van der Waals surface area contributed by atoms with Crippen LogP contribution in [0.4, 0.5) is 0 Å². The van der Waals surface area contributed by atoms with Crippen molar-refractivity contribution in [3.8, 4) is 0 Å². The Labute approximate surface area is 204 Å². The van der Waals surface area contributed by atoms with E-state index in [0.29, 0.717) is 11.6 Å². The Balaban J connectivity index is 1.67. The van der Waals surface area contributed by atoms with E-state index in [4.69, 9.17) is 11.6 Å². The minimum atomic E-state index is -3.90. The normalized spacial score (nSPS) is 16.0. The maximum absolute atomic E-state index is 13.6. The second-order valence-corrected chi connectivity index (χ2v) is 11.3. The quantitative estimate of drug-likeness (QED) is 0.426. The molecule has 1 atom stereocenters. The van der Waals surface area contributed by atoms with E-state index in [9.17, 15) is 13.2 Å². The molecule has 1 amide bonds. The summed E-state index contributed by atoms with van der Waals surface area (Å²) in [7, 11) is -3.90. The van der Waals surface area contributed by atoms with Crippen molar-refractivity contribution in [3.05, 3.63) is 99.2 Å². The first-order chi connectivity index (χ1) is 15.8. The van der Waals surface area contributed by atoms with Crippen molar-refractivity contribution in [1.82, 2.24) is 9.21 Å². The summed E-state index contributed by atoms with van der Waals surface area (Å²) in [5.41, 5.74) is 3.27. The molecule has 5 nitrogen and oxygen atoms in total. The summed E-state index contributed by atoms with van der Waals surface area (Å²) in [6.45, 7) is 6.03. The molecule has 0 saturated carbocycles. The highest BCUT2D eigenvalue weighted by Crippen LogP contribution is 2.39. The van der Waals surface area contributed by atoms with Gasteiger partial charge in [-0.05, 0) is 65.7 Å². The number of carbonyl (C=O) groups excluding carboxylic acids is 1. The van der Waals surface area contributed by atoms with Crippen LogP contribution < -0.4 is 0 Å². The molecule has 2 aromatic carbocycles. The van der Waals surface area contributed by atoms with Crippen LogP contribution in [0.5, 0.6) is 0 Å². The van der Waals surface area contributed by atoms with E-state index < -0.39 is 10.0 Å². The van der Waals surface area contributed by atoms with Gasteiger partial charge in [-0.3, -0.25) is 4.79 Å². The minimum Gasteiger partial charge on any atom is -0.330 e. The van der Waals surface area contributed by atoms with Gasteiger partial charge in [0.1, 0.15) is 0 Å². The molecule has 33 heavy (non-hydrogen) atoms. The third kappa shape index (κ3) is 4.77. The van der Waals surface area contributed by atoms with E-state index in [2.05, 4.69) is 18.0 Å². The summed E-state index contributed by atoms with van der Waals surface area (Å²) < 4.78 is 27.7. The monoisotopic (exact) mass is 500 g/mol. The highest BCUT2D eigenvalue weighted by atomic mass is 35.5. The van der Waals surface area contributed by atoms with Gasteiger partial charge in [0.15, 0.2) is 0 Å². The number of thiophene rings is 1. The first-order valence-electron chi connectivity index (χ1n) is 10.6. The number of hydrogen-bond donors (Lipinski definition) is 0. The molecule has 1 unspecified atom stereocenters. The molecular formula is C25H25ClN2O3S2. The molecule has 0 N–H and O–H groups in total. The second kappa shape index (κ2) is 9.81. The van der Waals surface area contributed by atoms with Gasteiger partial charge in [-0.2, -0.15) is 4.31 Å². The smallest absolute Gasteiger partial charge is 0.243 e. The maximum atomic E-state index is 13.6. The van der Waals surface area contributed by atoms with Crippen molar-refractivity contribution in [2.24, 2.45) is 0 Å². The predicted octanol–water partition coefficient (Wildman–Crippen LogP) is 5.06. The number of sulfonamides is 1. The minimum absolute atomic E-state index is 0.0310. The number of halogens is 1. The summed E-state index contributed by atoms with van der Waals surface area (Å²) in [6.07, 6.45) is 2.25. The van der Waals surface area contributed by atoms with E-state index in [1.165, 1.54) is 39.5 Å². The SMILES string of the molecule is C=CCN(CC(=O)N1CCc2sccc2C1c1ccccc1C)S(=O)(=O)c1ccc(Cl)cc1. The fourth-order valence-corrected chi connectivity index (χ4v) is 6.59. The van der Waals surface area contributed by atoms with Gasteiger partial charge in [0, 0.05) is 23.0 Å². The lowest BCUT2D eigenvalue weighted by molar-refractivity contribution is -0.133. The van der Waals surface area contributed by atoms with Crippen LogP contribution >= 0.6 is 22.9 Å². The largest absolute Gasteiger partial charge is 0.330 e. The van der Waals surface area contributed by atoms with Crippen LogP contribution in [0.2, 0.25) is 5.02 Å². The lowest BCUT2D eigenvalue weighted by Crippen LogP contribution is -2.46. The molecular weight excluding hydrogens is 476 g/mol. The molecule has 3 aromatic rings. The van der Waals surface area contributed by atoms with Crippen LogP contribution in [0, 0.1) is 6.92 Å². The van der Waals surface area contributed by atoms with Crippen LogP contribution in [0.15, 0.2) is 77.5 Å². The Bertz CT molecular complexity index is 1270. The van der Waals surface area contributed by atoms with Gasteiger partial charge in [-0.1, -0.05) is 41.9 Å². The van der Waals surface area contributed by atoms with Crippen LogP contribution in [-0.4, -0.2) is 43.2 Å². The number of fused-ring (bicyclic) bond motifs is 1. The fourth-order valence-electron chi connectivity index (χ4n) is 4.20. The van der Waals surface area contributed by atoms with Crippen LogP contribution in [-0.2, 0) is 21.2 Å². The van der Waals surface area contributed by atoms with E-state index >= 15 is 0 Å². The highest BCUT2D eigenvalue weighted by molar-refractivity contribution is 7.89. The predicted molar refractivity (Wildman–Crippen MR) is 133 cm³/mol. The molecule has 0 fully saturated rings. The molecule has 4 rings (SSSR count). The van der Waals surface area contributed by atoms with E-state index in [0.717, 1.165) is 23.1 Å². The summed E-state index contributed by atoms with van der Waals surface area (Å²) in [4.78, 5) is 16.8. The number of aryl methyl sites for hydroxylation is 1. The molecule has 0 radical (unpaired) electrons. The van der Waals surface area contributed by atoms with Crippen molar-refractivity contribution >= 4 is 38.9 Å². The van der Waals surface area contributed by atoms with Crippen molar-refractivity contribution in [3.63, 3.8) is 0 Å². The number of hydrogen-bond acceptors (Lipinski definition) is 4. The molecule has 1 aliphatic rings. The van der Waals surface area contributed by atoms with Gasteiger partial charge >= 0.3 is 0 Å². The molecule has 172 valence electrons. The number of rotatable bonds is 7. The zero-order valence-electron chi connectivity index (χ0n) is 18.3. The van der Waals surface area contributed by atoms with Crippen LogP contribution in [0.25, 0.3) is 0 Å². The average Bonchev–Trinajstić information content (AvgIpc) is 3.28. The standard InChI is InChI=1S/C25H25ClN2O3S2/c1-3-14-27(33(30,31)20-10-8-19(26)9-11-20)17-24(29)28-15-12-23-22(13-16-32-23)25(28)21-7-5-4-6-18(21)2/h3-11,13,16,25H,1,12,14-15,17H2,2H3. The molecule has 0 aliphatic carbocycles. The molecule has 8 heteroatoms. The third-order valence-electron chi connectivity index (χ3n) is 5.87. The Morgan fingerprint density at radius 1 is 1.18 bits per heavy atom. The zero-order chi connectivity index (χ0) is 23.6.